The molecule has 3 rings (SSSR count). The van der Waals surface area contributed by atoms with E-state index in [4.69, 9.17) is 14.2 Å². The molecule has 2 aromatic carbocycles. The Morgan fingerprint density at radius 1 is 1.03 bits per heavy atom. The second kappa shape index (κ2) is 13.0. The molecule has 1 unspecified atom stereocenters. The average molecular weight is 470 g/mol. The Bertz CT molecular complexity index is 906. The molecule has 1 saturated carbocycles. The Hall–Kier alpha value is -3.06. The summed E-state index contributed by atoms with van der Waals surface area (Å²) in [5.41, 5.74) is 1.97. The summed E-state index contributed by atoms with van der Waals surface area (Å²) in [6.07, 6.45) is 3.76. The minimum atomic E-state index is -0.970. The summed E-state index contributed by atoms with van der Waals surface area (Å²) in [7, 11) is 0. The number of aliphatic carboxylic acids is 1. The Balaban J connectivity index is 1.54. The summed E-state index contributed by atoms with van der Waals surface area (Å²) in [5.74, 6) is 0.731. The van der Waals surface area contributed by atoms with E-state index >= 15 is 0 Å². The van der Waals surface area contributed by atoms with E-state index in [1.807, 2.05) is 43.3 Å². The smallest absolute Gasteiger partial charge is 0.415 e. The first kappa shape index (κ1) is 25.6. The van der Waals surface area contributed by atoms with E-state index in [0.29, 0.717) is 50.1 Å². The number of hydrogen-bond donors (Lipinski definition) is 1. The van der Waals surface area contributed by atoms with Gasteiger partial charge in [-0.2, -0.15) is 0 Å². The van der Waals surface area contributed by atoms with E-state index in [-0.39, 0.29) is 6.09 Å². The molecule has 7 heteroatoms. The predicted octanol–water partition coefficient (Wildman–Crippen LogP) is 5.10. The highest BCUT2D eigenvalue weighted by molar-refractivity contribution is 5.72. The van der Waals surface area contributed by atoms with Crippen LogP contribution in [0.1, 0.15) is 43.7 Å². The summed E-state index contributed by atoms with van der Waals surface area (Å²) in [5, 5.41) is 9.25. The molecule has 1 N–H and O–H groups in total. The molecule has 0 saturated heterocycles. The maximum Gasteiger partial charge on any atom is 0.415 e. The van der Waals surface area contributed by atoms with Gasteiger partial charge in [-0.1, -0.05) is 42.7 Å². The van der Waals surface area contributed by atoms with E-state index in [9.17, 15) is 14.7 Å². The number of hydrogen-bond acceptors (Lipinski definition) is 5. The molecule has 0 radical (unpaired) electrons. The van der Waals surface area contributed by atoms with E-state index in [0.717, 1.165) is 24.0 Å². The fourth-order valence-corrected chi connectivity index (χ4v) is 4.16. The van der Waals surface area contributed by atoms with Crippen LogP contribution in [0.25, 0.3) is 0 Å². The van der Waals surface area contributed by atoms with Gasteiger partial charge in [0.2, 0.25) is 0 Å². The van der Waals surface area contributed by atoms with Crippen molar-refractivity contribution in [3.05, 3.63) is 59.7 Å². The molecule has 0 spiro atoms. The standard InChI is InChI=1S/C27H35NO6/c1-3-32-25(26(29)30)18-21-10-14-23(15-11-21)33-17-16-28(19-22-6-4-5-7-22)27(31)34-24-12-8-20(2)9-13-24/h8-15,22,25H,3-7,16-19H2,1-2H3,(H,29,30). The van der Waals surface area contributed by atoms with Crippen molar-refractivity contribution in [1.29, 1.82) is 0 Å². The molecule has 1 aliphatic carbocycles. The van der Waals surface area contributed by atoms with Crippen LogP contribution in [0.4, 0.5) is 4.79 Å². The monoisotopic (exact) mass is 469 g/mol. The molecule has 7 nitrogen and oxygen atoms in total. The zero-order valence-electron chi connectivity index (χ0n) is 20.1. The second-order valence-corrected chi connectivity index (χ2v) is 8.76. The number of carboxylic acid groups (broad SMARTS) is 1. The lowest BCUT2D eigenvalue weighted by atomic mass is 10.1. The van der Waals surface area contributed by atoms with Crippen molar-refractivity contribution in [3.63, 3.8) is 0 Å². The molecule has 0 aromatic heterocycles. The third-order valence-corrected chi connectivity index (χ3v) is 6.06. The number of rotatable bonds is 12. The maximum atomic E-state index is 12.9. The van der Waals surface area contributed by atoms with Gasteiger partial charge in [0.05, 0.1) is 6.54 Å². The quantitative estimate of drug-likeness (QED) is 0.466. The highest BCUT2D eigenvalue weighted by Gasteiger charge is 2.23. The van der Waals surface area contributed by atoms with Crippen LogP contribution in [-0.4, -0.2) is 54.5 Å². The lowest BCUT2D eigenvalue weighted by molar-refractivity contribution is -0.149. The molecule has 0 bridgehead atoms. The molecule has 0 heterocycles. The SMILES string of the molecule is CCOC(Cc1ccc(OCCN(CC2CCCC2)C(=O)Oc2ccc(C)cc2)cc1)C(=O)O. The number of benzene rings is 2. The maximum absolute atomic E-state index is 12.9. The van der Waals surface area contributed by atoms with Gasteiger partial charge in [0.1, 0.15) is 18.1 Å². The van der Waals surface area contributed by atoms with Crippen molar-refractivity contribution < 1.29 is 28.9 Å². The van der Waals surface area contributed by atoms with Crippen LogP contribution >= 0.6 is 0 Å². The highest BCUT2D eigenvalue weighted by atomic mass is 16.6. The Morgan fingerprint density at radius 2 is 1.68 bits per heavy atom. The number of carbonyl (C=O) groups is 2. The van der Waals surface area contributed by atoms with Crippen molar-refractivity contribution in [2.75, 3.05) is 26.3 Å². The van der Waals surface area contributed by atoms with E-state index in [1.165, 1.54) is 12.8 Å². The molecule has 34 heavy (non-hydrogen) atoms. The van der Waals surface area contributed by atoms with E-state index < -0.39 is 12.1 Å². The number of ether oxygens (including phenoxy) is 3. The number of nitrogens with zero attached hydrogens (tertiary/aromatic N) is 1. The summed E-state index contributed by atoms with van der Waals surface area (Å²) >= 11 is 0. The fourth-order valence-electron chi connectivity index (χ4n) is 4.16. The number of aryl methyl sites for hydroxylation is 1. The first-order chi connectivity index (χ1) is 16.4. The minimum Gasteiger partial charge on any atom is -0.492 e. The summed E-state index contributed by atoms with van der Waals surface area (Å²) in [6.45, 7) is 5.55. The molecule has 1 aliphatic rings. The first-order valence-electron chi connectivity index (χ1n) is 12.0. The molecule has 2 aromatic rings. The molecule has 0 aliphatic heterocycles. The van der Waals surface area contributed by atoms with E-state index in [2.05, 4.69) is 0 Å². The van der Waals surface area contributed by atoms with Gasteiger partial charge in [-0.3, -0.25) is 0 Å². The van der Waals surface area contributed by atoms with Crippen molar-refractivity contribution in [3.8, 4) is 11.5 Å². The second-order valence-electron chi connectivity index (χ2n) is 8.76. The number of carboxylic acids is 1. The van der Waals surface area contributed by atoms with Crippen molar-refractivity contribution >= 4 is 12.1 Å². The van der Waals surface area contributed by atoms with Gasteiger partial charge in [-0.25, -0.2) is 9.59 Å². The zero-order valence-corrected chi connectivity index (χ0v) is 20.1. The lowest BCUT2D eigenvalue weighted by Crippen LogP contribution is -2.39. The van der Waals surface area contributed by atoms with Crippen LogP contribution in [0, 0.1) is 12.8 Å². The zero-order chi connectivity index (χ0) is 24.3. The fraction of sp³-hybridized carbons (Fsp3) is 0.481. The van der Waals surface area contributed by atoms with Crippen LogP contribution in [0.2, 0.25) is 0 Å². The van der Waals surface area contributed by atoms with Crippen molar-refractivity contribution in [2.24, 2.45) is 5.92 Å². The van der Waals surface area contributed by atoms with Gasteiger partial charge < -0.3 is 24.2 Å². The van der Waals surface area contributed by atoms with Crippen LogP contribution in [0.5, 0.6) is 11.5 Å². The summed E-state index contributed by atoms with van der Waals surface area (Å²) in [4.78, 5) is 25.9. The van der Waals surface area contributed by atoms with Gasteiger partial charge in [-0.15, -0.1) is 0 Å². The molecule has 1 atom stereocenters. The van der Waals surface area contributed by atoms with Crippen LogP contribution < -0.4 is 9.47 Å². The molecule has 1 amide bonds. The Morgan fingerprint density at radius 3 is 2.29 bits per heavy atom. The van der Waals surface area contributed by atoms with Gasteiger partial charge in [0.25, 0.3) is 0 Å². The van der Waals surface area contributed by atoms with Gasteiger partial charge >= 0.3 is 12.1 Å². The molecule has 1 fully saturated rings. The third-order valence-electron chi connectivity index (χ3n) is 6.06. The summed E-state index contributed by atoms with van der Waals surface area (Å²) < 4.78 is 16.8. The normalized spacial score (nSPS) is 14.5. The highest BCUT2D eigenvalue weighted by Crippen LogP contribution is 2.26. The van der Waals surface area contributed by atoms with Crippen LogP contribution in [-0.2, 0) is 16.0 Å². The predicted molar refractivity (Wildman–Crippen MR) is 129 cm³/mol. The lowest BCUT2D eigenvalue weighted by Gasteiger charge is -2.25. The third kappa shape index (κ3) is 8.06. The largest absolute Gasteiger partial charge is 0.492 e. The van der Waals surface area contributed by atoms with Crippen LogP contribution in [0.3, 0.4) is 0 Å². The number of amides is 1. The topological polar surface area (TPSA) is 85.3 Å². The summed E-state index contributed by atoms with van der Waals surface area (Å²) in [6, 6.07) is 14.8. The van der Waals surface area contributed by atoms with Crippen molar-refractivity contribution in [2.45, 2.75) is 52.1 Å². The van der Waals surface area contributed by atoms with Gasteiger partial charge in [0.15, 0.2) is 6.10 Å². The van der Waals surface area contributed by atoms with E-state index in [1.54, 1.807) is 24.0 Å². The Labute approximate surface area is 201 Å². The van der Waals surface area contributed by atoms with Gasteiger partial charge in [-0.05, 0) is 62.4 Å². The van der Waals surface area contributed by atoms with Crippen molar-refractivity contribution in [1.82, 2.24) is 4.90 Å². The number of carbonyl (C=O) groups excluding carboxylic acids is 1. The van der Waals surface area contributed by atoms with Gasteiger partial charge in [0, 0.05) is 19.6 Å². The van der Waals surface area contributed by atoms with Crippen LogP contribution in [0.15, 0.2) is 48.5 Å². The average Bonchev–Trinajstić information content (AvgIpc) is 3.34. The minimum absolute atomic E-state index is 0.295. The molecule has 184 valence electrons. The first-order valence-corrected chi connectivity index (χ1v) is 12.0. The molecular weight excluding hydrogens is 434 g/mol. The Kier molecular flexibility index (Phi) is 9.76. The molecular formula is C27H35NO6.